The van der Waals surface area contributed by atoms with Crippen LogP contribution >= 0.6 is 0 Å². The molecule has 0 amide bonds. The number of rotatable bonds is 4. The van der Waals surface area contributed by atoms with Crippen LogP contribution in [-0.4, -0.2) is 42.8 Å². The average Bonchev–Trinajstić information content (AvgIpc) is 2.19. The molecule has 1 aliphatic heterocycles. The van der Waals surface area contributed by atoms with Crippen LogP contribution in [-0.2, 0) is 0 Å². The molecule has 3 nitrogen and oxygen atoms in total. The lowest BCUT2D eigenvalue weighted by molar-refractivity contribution is 0.110. The molecule has 0 aromatic heterocycles. The molecule has 0 spiro atoms. The normalized spacial score (nSPS) is 24.4. The molecule has 0 bridgehead atoms. The fraction of sp³-hybridized carbons (Fsp3) is 1.00. The number of aliphatic hydroxyl groups is 1. The molecule has 0 saturated carbocycles. The third-order valence-corrected chi connectivity index (χ3v) is 3.87. The minimum absolute atomic E-state index is 0.170. The Hall–Kier alpha value is -0.120. The van der Waals surface area contributed by atoms with Gasteiger partial charge < -0.3 is 15.7 Å². The van der Waals surface area contributed by atoms with Crippen molar-refractivity contribution in [1.29, 1.82) is 0 Å². The second kappa shape index (κ2) is 5.83. The second-order valence-corrected chi connectivity index (χ2v) is 5.31. The molecule has 0 aromatic carbocycles. The van der Waals surface area contributed by atoms with E-state index in [9.17, 15) is 5.11 Å². The molecule has 2 atom stereocenters. The molecule has 1 saturated heterocycles. The third kappa shape index (κ3) is 3.44. The van der Waals surface area contributed by atoms with Crippen molar-refractivity contribution >= 4 is 0 Å². The number of hydrogen-bond donors (Lipinski definition) is 2. The van der Waals surface area contributed by atoms with Gasteiger partial charge in [0.15, 0.2) is 0 Å². The molecular weight excluding hydrogens is 188 g/mol. The maximum absolute atomic E-state index is 9.36. The largest absolute Gasteiger partial charge is 0.396 e. The van der Waals surface area contributed by atoms with Gasteiger partial charge in [-0.3, -0.25) is 0 Å². The first-order valence-corrected chi connectivity index (χ1v) is 6.11. The van der Waals surface area contributed by atoms with Crippen LogP contribution in [0, 0.1) is 17.8 Å². The topological polar surface area (TPSA) is 49.5 Å². The van der Waals surface area contributed by atoms with Crippen molar-refractivity contribution in [2.75, 3.05) is 26.7 Å². The highest BCUT2D eigenvalue weighted by atomic mass is 16.3. The quantitative estimate of drug-likeness (QED) is 0.731. The van der Waals surface area contributed by atoms with Crippen LogP contribution in [0.25, 0.3) is 0 Å². The second-order valence-electron chi connectivity index (χ2n) is 5.31. The molecule has 0 radical (unpaired) electrons. The van der Waals surface area contributed by atoms with E-state index in [0.29, 0.717) is 11.8 Å². The highest BCUT2D eigenvalue weighted by molar-refractivity contribution is 4.85. The van der Waals surface area contributed by atoms with Crippen molar-refractivity contribution in [2.45, 2.75) is 32.7 Å². The Kier molecular flexibility index (Phi) is 5.03. The lowest BCUT2D eigenvalue weighted by atomic mass is 9.78. The van der Waals surface area contributed by atoms with Gasteiger partial charge in [-0.15, -0.1) is 0 Å². The van der Waals surface area contributed by atoms with Crippen LogP contribution in [0.4, 0.5) is 0 Å². The number of nitrogens with two attached hydrogens (primary N) is 1. The summed E-state index contributed by atoms with van der Waals surface area (Å²) in [6.45, 7) is 6.82. The summed E-state index contributed by atoms with van der Waals surface area (Å²) in [5.74, 6) is 1.34. The standard InChI is InChI=1S/C12H26N2O/c1-9(2)11(8-15)12(13)10-4-6-14(3)7-5-10/h9-12,15H,4-8,13H2,1-3H3. The maximum atomic E-state index is 9.36. The molecule has 90 valence electrons. The van der Waals surface area contributed by atoms with Crippen molar-refractivity contribution in [3.63, 3.8) is 0 Å². The van der Waals surface area contributed by atoms with E-state index in [1.54, 1.807) is 0 Å². The first kappa shape index (κ1) is 12.9. The molecule has 3 heteroatoms. The van der Waals surface area contributed by atoms with Crippen molar-refractivity contribution < 1.29 is 5.11 Å². The predicted octanol–water partition coefficient (Wildman–Crippen LogP) is 0.920. The van der Waals surface area contributed by atoms with Crippen LogP contribution in [0.15, 0.2) is 0 Å². The van der Waals surface area contributed by atoms with E-state index in [4.69, 9.17) is 5.73 Å². The molecule has 2 unspecified atom stereocenters. The molecule has 1 fully saturated rings. The van der Waals surface area contributed by atoms with Gasteiger partial charge in [0.25, 0.3) is 0 Å². The van der Waals surface area contributed by atoms with E-state index in [-0.39, 0.29) is 18.6 Å². The van der Waals surface area contributed by atoms with Crippen molar-refractivity contribution in [3.05, 3.63) is 0 Å². The highest BCUT2D eigenvalue weighted by Crippen LogP contribution is 2.26. The minimum atomic E-state index is 0.170. The monoisotopic (exact) mass is 214 g/mol. The lowest BCUT2D eigenvalue weighted by Gasteiger charge is -2.37. The smallest absolute Gasteiger partial charge is 0.0476 e. The number of piperidine rings is 1. The van der Waals surface area contributed by atoms with Crippen LogP contribution in [0.3, 0.4) is 0 Å². The highest BCUT2D eigenvalue weighted by Gasteiger charge is 2.29. The van der Waals surface area contributed by atoms with E-state index in [0.717, 1.165) is 13.1 Å². The Bertz CT molecular complexity index is 176. The Morgan fingerprint density at radius 3 is 2.27 bits per heavy atom. The Morgan fingerprint density at radius 2 is 1.87 bits per heavy atom. The van der Waals surface area contributed by atoms with Gasteiger partial charge in [-0.1, -0.05) is 13.8 Å². The predicted molar refractivity (Wildman–Crippen MR) is 63.6 cm³/mol. The fourth-order valence-electron chi connectivity index (χ4n) is 2.54. The zero-order valence-corrected chi connectivity index (χ0v) is 10.3. The summed E-state index contributed by atoms with van der Waals surface area (Å²) in [7, 11) is 2.16. The third-order valence-electron chi connectivity index (χ3n) is 3.87. The van der Waals surface area contributed by atoms with Gasteiger partial charge in [0.2, 0.25) is 0 Å². The van der Waals surface area contributed by atoms with Gasteiger partial charge in [0.1, 0.15) is 0 Å². The van der Waals surface area contributed by atoms with Crippen molar-refractivity contribution in [1.82, 2.24) is 4.90 Å². The number of aliphatic hydroxyl groups excluding tert-OH is 1. The first-order valence-electron chi connectivity index (χ1n) is 6.11. The summed E-state index contributed by atoms with van der Waals surface area (Å²) in [5.41, 5.74) is 6.27. The number of nitrogens with zero attached hydrogens (tertiary/aromatic N) is 1. The van der Waals surface area contributed by atoms with Crippen LogP contribution in [0.5, 0.6) is 0 Å². The number of hydrogen-bond acceptors (Lipinski definition) is 3. The van der Waals surface area contributed by atoms with E-state index >= 15 is 0 Å². The Balaban J connectivity index is 2.47. The molecule has 0 aromatic rings. The Morgan fingerprint density at radius 1 is 1.33 bits per heavy atom. The zero-order valence-electron chi connectivity index (χ0n) is 10.3. The van der Waals surface area contributed by atoms with Crippen LogP contribution < -0.4 is 5.73 Å². The summed E-state index contributed by atoms with van der Waals surface area (Å²) < 4.78 is 0. The SMILES string of the molecule is CC(C)C(CO)C(N)C1CCN(C)CC1. The summed E-state index contributed by atoms with van der Waals surface area (Å²) in [6.07, 6.45) is 2.36. The van der Waals surface area contributed by atoms with E-state index < -0.39 is 0 Å². The molecule has 1 aliphatic rings. The van der Waals surface area contributed by atoms with Gasteiger partial charge in [-0.2, -0.15) is 0 Å². The van der Waals surface area contributed by atoms with E-state index in [1.807, 2.05) is 0 Å². The van der Waals surface area contributed by atoms with E-state index in [2.05, 4.69) is 25.8 Å². The number of likely N-dealkylation sites (tertiary alicyclic amines) is 1. The first-order chi connectivity index (χ1) is 7.06. The van der Waals surface area contributed by atoms with Gasteiger partial charge in [0, 0.05) is 12.6 Å². The van der Waals surface area contributed by atoms with Gasteiger partial charge in [0.05, 0.1) is 0 Å². The van der Waals surface area contributed by atoms with Crippen LogP contribution in [0.1, 0.15) is 26.7 Å². The fourth-order valence-corrected chi connectivity index (χ4v) is 2.54. The van der Waals surface area contributed by atoms with E-state index in [1.165, 1.54) is 12.8 Å². The van der Waals surface area contributed by atoms with Gasteiger partial charge in [-0.25, -0.2) is 0 Å². The zero-order chi connectivity index (χ0) is 11.4. The summed E-state index contributed by atoms with van der Waals surface area (Å²) in [4.78, 5) is 2.35. The van der Waals surface area contributed by atoms with Crippen molar-refractivity contribution in [2.24, 2.45) is 23.5 Å². The maximum Gasteiger partial charge on any atom is 0.0476 e. The molecule has 1 rings (SSSR count). The summed E-state index contributed by atoms with van der Waals surface area (Å²) in [5, 5.41) is 9.36. The average molecular weight is 214 g/mol. The Labute approximate surface area is 93.6 Å². The molecule has 1 heterocycles. The molecule has 0 aliphatic carbocycles. The lowest BCUT2D eigenvalue weighted by Crippen LogP contribution is -2.46. The summed E-state index contributed by atoms with van der Waals surface area (Å²) >= 11 is 0. The molecule has 15 heavy (non-hydrogen) atoms. The van der Waals surface area contributed by atoms with Crippen LogP contribution in [0.2, 0.25) is 0 Å². The molecule has 3 N–H and O–H groups in total. The van der Waals surface area contributed by atoms with Crippen molar-refractivity contribution in [3.8, 4) is 0 Å². The van der Waals surface area contributed by atoms with Gasteiger partial charge >= 0.3 is 0 Å². The summed E-state index contributed by atoms with van der Waals surface area (Å²) in [6, 6.07) is 0.170. The minimum Gasteiger partial charge on any atom is -0.396 e. The van der Waals surface area contributed by atoms with Gasteiger partial charge in [-0.05, 0) is 50.7 Å². The molecular formula is C12H26N2O.